The van der Waals surface area contributed by atoms with Crippen molar-refractivity contribution in [3.63, 3.8) is 0 Å². The summed E-state index contributed by atoms with van der Waals surface area (Å²) in [4.78, 5) is 17.0. The van der Waals surface area contributed by atoms with E-state index in [0.717, 1.165) is 33.6 Å². The molecule has 34 heavy (non-hydrogen) atoms. The first-order valence-electron chi connectivity index (χ1n) is 12.2. The molecule has 0 unspecified atom stereocenters. The van der Waals surface area contributed by atoms with E-state index in [1.54, 1.807) is 13.2 Å². The fraction of sp³-hybridized carbons (Fsp3) is 0.517. The molecule has 1 aromatic carbocycles. The number of rotatable bonds is 12. The van der Waals surface area contributed by atoms with Crippen LogP contribution in [0.15, 0.2) is 36.4 Å². The van der Waals surface area contributed by atoms with Crippen LogP contribution in [-0.4, -0.2) is 40.3 Å². The Morgan fingerprint density at radius 3 is 2.15 bits per heavy atom. The van der Waals surface area contributed by atoms with Gasteiger partial charge >= 0.3 is 0 Å². The summed E-state index contributed by atoms with van der Waals surface area (Å²) in [5, 5.41) is 20.9. The molecule has 2 N–H and O–H groups in total. The molecule has 0 fully saturated rings. The molecule has 0 aliphatic rings. The number of aromatic nitrogens is 1. The van der Waals surface area contributed by atoms with Crippen LogP contribution in [0.4, 0.5) is 0 Å². The lowest BCUT2D eigenvalue weighted by Crippen LogP contribution is -2.21. The van der Waals surface area contributed by atoms with Gasteiger partial charge in [-0.3, -0.25) is 9.78 Å². The number of benzene rings is 1. The Labute approximate surface area is 204 Å². The minimum Gasteiger partial charge on any atom is -0.393 e. The number of ether oxygens (including phenoxy) is 1. The van der Waals surface area contributed by atoms with E-state index in [0.29, 0.717) is 6.61 Å². The maximum atomic E-state index is 11.9. The molecule has 186 valence electrons. The lowest BCUT2D eigenvalue weighted by atomic mass is 9.87. The molecule has 2 atom stereocenters. The second-order valence-corrected chi connectivity index (χ2v) is 9.90. The summed E-state index contributed by atoms with van der Waals surface area (Å²) in [6.45, 7) is 12.6. The smallest absolute Gasteiger partial charge is 0.137 e. The minimum atomic E-state index is -0.880. The topological polar surface area (TPSA) is 79.7 Å². The molecule has 0 spiro atoms. The van der Waals surface area contributed by atoms with E-state index in [9.17, 15) is 15.0 Å². The van der Waals surface area contributed by atoms with Gasteiger partial charge in [0.25, 0.3) is 0 Å². The zero-order chi connectivity index (χ0) is 25.4. The molecule has 1 heterocycles. The molecular weight excluding hydrogens is 426 g/mol. The van der Waals surface area contributed by atoms with Gasteiger partial charge in [0.15, 0.2) is 0 Å². The van der Waals surface area contributed by atoms with Gasteiger partial charge in [-0.1, -0.05) is 84.0 Å². The summed E-state index contributed by atoms with van der Waals surface area (Å²) < 4.78 is 5.59. The number of nitrogens with zero attached hydrogens (tertiary/aromatic N) is 1. The molecule has 2 rings (SSSR count). The third kappa shape index (κ3) is 7.33. The third-order valence-corrected chi connectivity index (χ3v) is 5.92. The predicted molar refractivity (Wildman–Crippen MR) is 139 cm³/mol. The van der Waals surface area contributed by atoms with E-state index in [1.807, 2.05) is 38.1 Å². The lowest BCUT2D eigenvalue weighted by molar-refractivity contribution is -0.124. The normalized spacial score (nSPS) is 13.9. The second kappa shape index (κ2) is 12.9. The monoisotopic (exact) mass is 467 g/mol. The first kappa shape index (κ1) is 27.9. The van der Waals surface area contributed by atoms with Crippen LogP contribution in [0.5, 0.6) is 0 Å². The van der Waals surface area contributed by atoms with Crippen LogP contribution < -0.4 is 0 Å². The van der Waals surface area contributed by atoms with Gasteiger partial charge in [-0.15, -0.1) is 0 Å². The van der Waals surface area contributed by atoms with Crippen LogP contribution in [0.25, 0.3) is 17.2 Å². The molecule has 0 saturated carbocycles. The largest absolute Gasteiger partial charge is 0.393 e. The highest BCUT2D eigenvalue weighted by atomic mass is 16.5. The highest BCUT2D eigenvalue weighted by Crippen LogP contribution is 2.37. The van der Waals surface area contributed by atoms with Crippen molar-refractivity contribution in [3.05, 3.63) is 58.9 Å². The Balaban J connectivity index is 2.57. The Morgan fingerprint density at radius 2 is 1.62 bits per heavy atom. The molecule has 0 aliphatic carbocycles. The Bertz CT molecular complexity index is 964. The number of pyridine rings is 1. The Morgan fingerprint density at radius 1 is 1.00 bits per heavy atom. The van der Waals surface area contributed by atoms with E-state index in [4.69, 9.17) is 9.72 Å². The number of carbonyl (C=O) groups excluding carboxylic acids is 1. The lowest BCUT2D eigenvalue weighted by Gasteiger charge is -2.23. The number of hydrogen-bond acceptors (Lipinski definition) is 5. The van der Waals surface area contributed by atoms with Crippen molar-refractivity contribution in [1.29, 1.82) is 0 Å². The number of aliphatic hydroxyl groups is 2. The van der Waals surface area contributed by atoms with Gasteiger partial charge in [0, 0.05) is 42.7 Å². The van der Waals surface area contributed by atoms with Gasteiger partial charge in [-0.05, 0) is 23.0 Å². The highest BCUT2D eigenvalue weighted by Gasteiger charge is 2.23. The van der Waals surface area contributed by atoms with Crippen molar-refractivity contribution in [3.8, 4) is 11.1 Å². The summed E-state index contributed by atoms with van der Waals surface area (Å²) in [5.41, 5.74) is 6.10. The van der Waals surface area contributed by atoms with Crippen molar-refractivity contribution >= 4 is 11.9 Å². The van der Waals surface area contributed by atoms with Crippen LogP contribution in [-0.2, 0) is 16.1 Å². The van der Waals surface area contributed by atoms with E-state index < -0.39 is 12.2 Å². The number of hydrogen-bond donors (Lipinski definition) is 2. The number of carbonyl (C=O) groups is 1. The van der Waals surface area contributed by atoms with E-state index >= 15 is 0 Å². The van der Waals surface area contributed by atoms with Crippen LogP contribution >= 0.6 is 0 Å². The molecule has 0 radical (unpaired) electrons. The van der Waals surface area contributed by atoms with E-state index in [2.05, 4.69) is 39.8 Å². The maximum absolute atomic E-state index is 11.9. The van der Waals surface area contributed by atoms with Crippen LogP contribution in [0, 0.1) is 5.92 Å². The number of Topliss-reactive ketones (excluding diaryl/α,β-unsaturated/α-hetero) is 1. The zero-order valence-electron chi connectivity index (χ0n) is 21.7. The fourth-order valence-corrected chi connectivity index (χ4v) is 4.10. The Kier molecular flexibility index (Phi) is 10.6. The molecule has 5 nitrogen and oxygen atoms in total. The van der Waals surface area contributed by atoms with Crippen molar-refractivity contribution in [1.82, 2.24) is 4.98 Å². The second-order valence-electron chi connectivity index (χ2n) is 9.90. The SMILES string of the molecule is COCc1c(C(C)C)nc(C(C)C)c(/C=C/[C@@H](O)C[C@@H](O)CC(=O)C(C)C)c1-c1ccccc1. The predicted octanol–water partition coefficient (Wildman–Crippen LogP) is 5.88. The molecule has 0 bridgehead atoms. The fourth-order valence-electron chi connectivity index (χ4n) is 4.10. The van der Waals surface area contributed by atoms with Gasteiger partial charge in [0.05, 0.1) is 24.5 Å². The maximum Gasteiger partial charge on any atom is 0.137 e. The van der Waals surface area contributed by atoms with Gasteiger partial charge in [-0.25, -0.2) is 0 Å². The van der Waals surface area contributed by atoms with Gasteiger partial charge in [0.2, 0.25) is 0 Å². The summed E-state index contributed by atoms with van der Waals surface area (Å²) >= 11 is 0. The average molecular weight is 468 g/mol. The van der Waals surface area contributed by atoms with E-state index in [1.165, 1.54) is 0 Å². The van der Waals surface area contributed by atoms with Gasteiger partial charge in [-0.2, -0.15) is 0 Å². The van der Waals surface area contributed by atoms with Crippen molar-refractivity contribution in [2.75, 3.05) is 7.11 Å². The molecule has 1 aromatic heterocycles. The zero-order valence-corrected chi connectivity index (χ0v) is 21.7. The summed E-state index contributed by atoms with van der Waals surface area (Å²) in [6.07, 6.45) is 2.01. The molecule has 2 aromatic rings. The van der Waals surface area contributed by atoms with Crippen molar-refractivity contribution in [2.24, 2.45) is 5.92 Å². The minimum absolute atomic E-state index is 0.00480. The van der Waals surface area contributed by atoms with Crippen molar-refractivity contribution in [2.45, 2.75) is 85.0 Å². The Hall–Kier alpha value is -2.34. The number of ketones is 1. The third-order valence-electron chi connectivity index (χ3n) is 5.92. The molecule has 0 aliphatic heterocycles. The quantitative estimate of drug-likeness (QED) is 0.407. The number of aliphatic hydroxyl groups excluding tert-OH is 2. The first-order chi connectivity index (χ1) is 16.1. The van der Waals surface area contributed by atoms with Crippen molar-refractivity contribution < 1.29 is 19.7 Å². The summed E-state index contributed by atoms with van der Waals surface area (Å²) in [7, 11) is 1.69. The molecular formula is C29H41NO4. The average Bonchev–Trinajstić information content (AvgIpc) is 2.77. The van der Waals surface area contributed by atoms with Gasteiger partial charge in [0.1, 0.15) is 5.78 Å². The summed E-state index contributed by atoms with van der Waals surface area (Å²) in [5.74, 6) is 0.258. The van der Waals surface area contributed by atoms with E-state index in [-0.39, 0.29) is 36.4 Å². The van der Waals surface area contributed by atoms with Crippen LogP contribution in [0.3, 0.4) is 0 Å². The van der Waals surface area contributed by atoms with Crippen LogP contribution in [0.1, 0.15) is 88.7 Å². The molecule has 5 heteroatoms. The summed E-state index contributed by atoms with van der Waals surface area (Å²) in [6, 6.07) is 10.2. The van der Waals surface area contributed by atoms with Crippen LogP contribution in [0.2, 0.25) is 0 Å². The molecule has 0 saturated heterocycles. The van der Waals surface area contributed by atoms with Gasteiger partial charge < -0.3 is 14.9 Å². The number of methoxy groups -OCH3 is 1. The first-order valence-corrected chi connectivity index (χ1v) is 12.2. The highest BCUT2D eigenvalue weighted by molar-refractivity contribution is 5.81. The molecule has 0 amide bonds. The standard InChI is InChI=1S/C29H41NO4/c1-18(2)26(33)16-23(32)15-22(31)13-14-24-27(21-11-9-8-10-12-21)25(17-34-7)29(20(5)6)30-28(24)19(3)4/h8-14,18-20,22-23,31-32H,15-17H2,1-7H3/b14-13+/t22-,23-/m1/s1.